The summed E-state index contributed by atoms with van der Waals surface area (Å²) in [4.78, 5) is 11.9. The molecule has 0 heterocycles. The third-order valence-corrected chi connectivity index (χ3v) is 3.23. The molecule has 0 saturated carbocycles. The van der Waals surface area contributed by atoms with Crippen LogP contribution in [0.15, 0.2) is 42.5 Å². The molecule has 0 radical (unpaired) electrons. The van der Waals surface area contributed by atoms with Crippen LogP contribution in [0, 0.1) is 0 Å². The van der Waals surface area contributed by atoms with E-state index in [1.807, 2.05) is 0 Å². The molecule has 116 valence electrons. The Morgan fingerprint density at radius 2 is 1.86 bits per heavy atom. The Bertz CT molecular complexity index is 662. The SMILES string of the molecule is CC(NC(=O)Nc1cc(Cl)ccc1Cl)Oc1ccc(O)cc1. The van der Waals surface area contributed by atoms with Gasteiger partial charge in [0.2, 0.25) is 0 Å². The second-order valence-corrected chi connectivity index (χ2v) is 5.32. The molecule has 0 aromatic heterocycles. The highest BCUT2D eigenvalue weighted by atomic mass is 35.5. The molecule has 22 heavy (non-hydrogen) atoms. The van der Waals surface area contributed by atoms with Gasteiger partial charge < -0.3 is 20.5 Å². The minimum absolute atomic E-state index is 0.140. The van der Waals surface area contributed by atoms with Crippen molar-refractivity contribution < 1.29 is 14.6 Å². The van der Waals surface area contributed by atoms with Gasteiger partial charge in [-0.15, -0.1) is 0 Å². The van der Waals surface area contributed by atoms with Gasteiger partial charge in [0.25, 0.3) is 0 Å². The summed E-state index contributed by atoms with van der Waals surface area (Å²) in [6.07, 6.45) is -0.581. The number of ether oxygens (including phenoxy) is 1. The van der Waals surface area contributed by atoms with Crippen molar-refractivity contribution in [3.8, 4) is 11.5 Å². The Hall–Kier alpha value is -2.11. The lowest BCUT2D eigenvalue weighted by Crippen LogP contribution is -2.39. The van der Waals surface area contributed by atoms with Crippen molar-refractivity contribution >= 4 is 34.9 Å². The van der Waals surface area contributed by atoms with Crippen LogP contribution in [-0.2, 0) is 0 Å². The zero-order chi connectivity index (χ0) is 16.1. The van der Waals surface area contributed by atoms with Gasteiger partial charge in [-0.1, -0.05) is 23.2 Å². The second kappa shape index (κ2) is 7.24. The van der Waals surface area contributed by atoms with Crippen molar-refractivity contribution in [1.29, 1.82) is 0 Å². The first-order chi connectivity index (χ1) is 10.4. The van der Waals surface area contributed by atoms with Gasteiger partial charge in [0.15, 0.2) is 6.23 Å². The summed E-state index contributed by atoms with van der Waals surface area (Å²) in [5, 5.41) is 15.2. The number of hydrogen-bond acceptors (Lipinski definition) is 3. The van der Waals surface area contributed by atoms with Gasteiger partial charge in [-0.2, -0.15) is 0 Å². The minimum Gasteiger partial charge on any atom is -0.508 e. The van der Waals surface area contributed by atoms with Crippen LogP contribution in [0.3, 0.4) is 0 Å². The van der Waals surface area contributed by atoms with Crippen molar-refractivity contribution in [2.75, 3.05) is 5.32 Å². The van der Waals surface area contributed by atoms with E-state index in [1.165, 1.54) is 12.1 Å². The van der Waals surface area contributed by atoms with Gasteiger partial charge in [0.05, 0.1) is 10.7 Å². The number of aromatic hydroxyl groups is 1. The zero-order valence-corrected chi connectivity index (χ0v) is 13.2. The fourth-order valence-electron chi connectivity index (χ4n) is 1.69. The Morgan fingerprint density at radius 3 is 2.55 bits per heavy atom. The van der Waals surface area contributed by atoms with Crippen molar-refractivity contribution in [2.24, 2.45) is 0 Å². The van der Waals surface area contributed by atoms with Crippen LogP contribution < -0.4 is 15.4 Å². The molecule has 1 unspecified atom stereocenters. The average molecular weight is 341 g/mol. The van der Waals surface area contributed by atoms with Gasteiger partial charge in [-0.05, 0) is 49.4 Å². The standard InChI is InChI=1S/C15H14Cl2N2O3/c1-9(22-12-5-3-11(20)4-6-12)18-15(21)19-14-8-10(16)2-7-13(14)17/h2-9,20H,1H3,(H2,18,19,21). The van der Waals surface area contributed by atoms with E-state index in [9.17, 15) is 9.90 Å². The van der Waals surface area contributed by atoms with Crippen LogP contribution in [-0.4, -0.2) is 17.4 Å². The molecule has 0 spiro atoms. The lowest BCUT2D eigenvalue weighted by molar-refractivity contribution is 0.183. The normalized spacial score (nSPS) is 11.6. The largest absolute Gasteiger partial charge is 0.508 e. The number of nitrogens with one attached hydrogen (secondary N) is 2. The Balaban J connectivity index is 1.91. The van der Waals surface area contributed by atoms with E-state index in [4.69, 9.17) is 27.9 Å². The van der Waals surface area contributed by atoms with Gasteiger partial charge in [0.1, 0.15) is 11.5 Å². The van der Waals surface area contributed by atoms with Gasteiger partial charge in [-0.25, -0.2) is 4.79 Å². The van der Waals surface area contributed by atoms with Crippen molar-refractivity contribution in [3.63, 3.8) is 0 Å². The number of amides is 2. The summed E-state index contributed by atoms with van der Waals surface area (Å²) in [6.45, 7) is 1.67. The van der Waals surface area contributed by atoms with Crippen LogP contribution >= 0.6 is 23.2 Å². The summed E-state index contributed by atoms with van der Waals surface area (Å²) >= 11 is 11.8. The molecule has 0 aliphatic heterocycles. The van der Waals surface area contributed by atoms with Gasteiger partial charge >= 0.3 is 6.03 Å². The number of phenols is 1. The highest BCUT2D eigenvalue weighted by Crippen LogP contribution is 2.25. The first-order valence-electron chi connectivity index (χ1n) is 6.42. The predicted octanol–water partition coefficient (Wildman–Crippen LogP) is 4.25. The maximum atomic E-state index is 11.9. The number of hydrogen-bond donors (Lipinski definition) is 3. The first-order valence-corrected chi connectivity index (χ1v) is 7.18. The monoisotopic (exact) mass is 340 g/mol. The second-order valence-electron chi connectivity index (χ2n) is 4.48. The molecule has 5 nitrogen and oxygen atoms in total. The smallest absolute Gasteiger partial charge is 0.322 e. The zero-order valence-electron chi connectivity index (χ0n) is 11.6. The average Bonchev–Trinajstić information content (AvgIpc) is 2.45. The summed E-state index contributed by atoms with van der Waals surface area (Å²) in [6, 6.07) is 10.5. The van der Waals surface area contributed by atoms with E-state index in [0.29, 0.717) is 21.5 Å². The van der Waals surface area contributed by atoms with Crippen molar-refractivity contribution in [1.82, 2.24) is 5.32 Å². The Kier molecular flexibility index (Phi) is 5.35. The third kappa shape index (κ3) is 4.72. The fraction of sp³-hybridized carbons (Fsp3) is 0.133. The molecule has 7 heteroatoms. The van der Waals surface area contributed by atoms with Gasteiger partial charge in [-0.3, -0.25) is 0 Å². The fourth-order valence-corrected chi connectivity index (χ4v) is 2.03. The highest BCUT2D eigenvalue weighted by molar-refractivity contribution is 6.35. The number of halogens is 2. The Labute approximate surface area is 137 Å². The van der Waals surface area contributed by atoms with E-state index in [1.54, 1.807) is 37.3 Å². The molecule has 0 saturated heterocycles. The number of carbonyl (C=O) groups excluding carboxylic acids is 1. The minimum atomic E-state index is -0.581. The molecule has 0 aliphatic rings. The topological polar surface area (TPSA) is 70.6 Å². The van der Waals surface area contributed by atoms with Gasteiger partial charge in [0, 0.05) is 5.02 Å². The maximum Gasteiger partial charge on any atom is 0.322 e. The van der Waals surface area contributed by atoms with Crippen LogP contribution in [0.5, 0.6) is 11.5 Å². The first kappa shape index (κ1) is 16.3. The van der Waals surface area contributed by atoms with Crippen LogP contribution in [0.1, 0.15) is 6.92 Å². The lowest BCUT2D eigenvalue weighted by atomic mass is 10.3. The van der Waals surface area contributed by atoms with Crippen LogP contribution in [0.4, 0.5) is 10.5 Å². The summed E-state index contributed by atoms with van der Waals surface area (Å²) in [5.41, 5.74) is 0.406. The number of phenolic OH excluding ortho intramolecular Hbond substituents is 1. The van der Waals surface area contributed by atoms with Crippen LogP contribution in [0.25, 0.3) is 0 Å². The number of carbonyl (C=O) groups is 1. The predicted molar refractivity (Wildman–Crippen MR) is 86.8 cm³/mol. The summed E-state index contributed by atoms with van der Waals surface area (Å²) < 4.78 is 5.49. The molecule has 1 atom stereocenters. The number of benzene rings is 2. The quantitative estimate of drug-likeness (QED) is 0.728. The molecule has 3 N–H and O–H groups in total. The van der Waals surface area contributed by atoms with Crippen molar-refractivity contribution in [3.05, 3.63) is 52.5 Å². The molecular formula is C15H14Cl2N2O3. The number of urea groups is 1. The molecule has 0 aliphatic carbocycles. The Morgan fingerprint density at radius 1 is 1.18 bits per heavy atom. The summed E-state index contributed by atoms with van der Waals surface area (Å²) in [7, 11) is 0. The molecule has 2 aromatic rings. The van der Waals surface area contributed by atoms with Crippen molar-refractivity contribution in [2.45, 2.75) is 13.2 Å². The molecule has 0 bridgehead atoms. The molecular weight excluding hydrogens is 327 g/mol. The lowest BCUT2D eigenvalue weighted by Gasteiger charge is -2.17. The molecule has 2 amide bonds. The number of anilines is 1. The number of rotatable bonds is 4. The third-order valence-electron chi connectivity index (χ3n) is 2.66. The van der Waals surface area contributed by atoms with E-state index >= 15 is 0 Å². The van der Waals surface area contributed by atoms with E-state index < -0.39 is 12.3 Å². The molecule has 0 fully saturated rings. The summed E-state index contributed by atoms with van der Waals surface area (Å²) in [5.74, 6) is 0.660. The molecule has 2 rings (SSSR count). The van der Waals surface area contributed by atoms with E-state index in [2.05, 4.69) is 10.6 Å². The van der Waals surface area contributed by atoms with Crippen LogP contribution in [0.2, 0.25) is 10.0 Å². The highest BCUT2D eigenvalue weighted by Gasteiger charge is 2.10. The maximum absolute atomic E-state index is 11.9. The molecule has 2 aromatic carbocycles. The van der Waals surface area contributed by atoms with E-state index in [0.717, 1.165) is 0 Å². The van der Waals surface area contributed by atoms with E-state index in [-0.39, 0.29) is 5.75 Å².